The molecule has 1 aliphatic rings. The van der Waals surface area contributed by atoms with Crippen molar-refractivity contribution in [1.29, 1.82) is 5.26 Å². The second kappa shape index (κ2) is 13.9. The van der Waals surface area contributed by atoms with Gasteiger partial charge in [-0.2, -0.15) is 5.26 Å². The maximum atomic E-state index is 13.7. The van der Waals surface area contributed by atoms with Crippen LogP contribution in [-0.2, 0) is 27.4 Å². The van der Waals surface area contributed by atoms with Crippen LogP contribution in [0.2, 0.25) is 5.02 Å². The van der Waals surface area contributed by atoms with Crippen molar-refractivity contribution in [3.63, 3.8) is 0 Å². The van der Waals surface area contributed by atoms with Gasteiger partial charge in [0, 0.05) is 46.9 Å². The van der Waals surface area contributed by atoms with Crippen molar-refractivity contribution in [3.8, 4) is 6.07 Å². The van der Waals surface area contributed by atoms with Gasteiger partial charge in [-0.25, -0.2) is 19.1 Å². The van der Waals surface area contributed by atoms with Crippen LogP contribution in [0.5, 0.6) is 0 Å². The van der Waals surface area contributed by atoms with Crippen LogP contribution in [-0.4, -0.2) is 69.4 Å². The maximum Gasteiger partial charge on any atom is 0.416 e. The first-order valence-corrected chi connectivity index (χ1v) is 15.5. The average Bonchev–Trinajstić information content (AvgIpc) is 3.45. The number of amides is 1. The van der Waals surface area contributed by atoms with Crippen LogP contribution in [0.4, 0.5) is 10.5 Å². The second-order valence-corrected chi connectivity index (χ2v) is 11.8. The number of halogens is 1. The fourth-order valence-electron chi connectivity index (χ4n) is 6.00. The summed E-state index contributed by atoms with van der Waals surface area (Å²) in [5.74, 6) is -0.928. The number of ether oxygens (including phenoxy) is 1. The van der Waals surface area contributed by atoms with Gasteiger partial charge < -0.3 is 14.7 Å². The summed E-state index contributed by atoms with van der Waals surface area (Å²) in [5, 5.41) is 21.0. The number of hydrogen-bond acceptors (Lipinski definition) is 7. The molecule has 0 aliphatic carbocycles. The topological polar surface area (TPSA) is 128 Å². The number of methoxy groups -OCH3 is 1. The average molecular weight is 660 g/mol. The predicted octanol–water partition coefficient (Wildman–Crippen LogP) is 6.25. The Labute approximate surface area is 281 Å². The number of carbonyl (C=O) groups excluding carboxylic acids is 2. The molecule has 240 valence electrons. The van der Waals surface area contributed by atoms with Crippen molar-refractivity contribution in [3.05, 3.63) is 136 Å². The van der Waals surface area contributed by atoms with E-state index in [9.17, 15) is 24.8 Å². The zero-order valence-corrected chi connectivity index (χ0v) is 26.7. The van der Waals surface area contributed by atoms with E-state index in [2.05, 4.69) is 6.07 Å². The molecule has 0 saturated carbocycles. The Balaban J connectivity index is 1.30. The Morgan fingerprint density at radius 1 is 0.958 bits per heavy atom. The van der Waals surface area contributed by atoms with Gasteiger partial charge in [0.05, 0.1) is 36.1 Å². The molecule has 2 heterocycles. The zero-order chi connectivity index (χ0) is 33.8. The Morgan fingerprint density at radius 3 is 2.27 bits per heavy atom. The number of benzene rings is 4. The predicted molar refractivity (Wildman–Crippen MR) is 181 cm³/mol. The highest BCUT2D eigenvalue weighted by molar-refractivity contribution is 6.31. The highest BCUT2D eigenvalue weighted by Crippen LogP contribution is 2.28. The van der Waals surface area contributed by atoms with Crippen LogP contribution in [0, 0.1) is 11.3 Å². The lowest BCUT2D eigenvalue weighted by molar-refractivity contribution is -0.159. The number of nitrogens with zero attached hydrogens (tertiary/aromatic N) is 5. The first-order chi connectivity index (χ1) is 23.2. The third-order valence-corrected chi connectivity index (χ3v) is 8.47. The van der Waals surface area contributed by atoms with Gasteiger partial charge in [0.25, 0.3) is 0 Å². The molecule has 1 aromatic heterocycles. The summed E-state index contributed by atoms with van der Waals surface area (Å²) in [5.41, 5.74) is 4.80. The number of esters is 1. The minimum atomic E-state index is -1.17. The third kappa shape index (κ3) is 6.69. The summed E-state index contributed by atoms with van der Waals surface area (Å²) in [6, 6.07) is 32.4. The van der Waals surface area contributed by atoms with E-state index in [0.29, 0.717) is 44.1 Å². The minimum Gasteiger partial charge on any atom is -0.467 e. The molecular formula is C37H30ClN5O5. The molecule has 11 heteroatoms. The Morgan fingerprint density at radius 2 is 1.65 bits per heavy atom. The smallest absolute Gasteiger partial charge is 0.416 e. The monoisotopic (exact) mass is 659 g/mol. The number of hydrogen-bond donors (Lipinski definition) is 1. The molecule has 1 atom stereocenters. The van der Waals surface area contributed by atoms with Crippen LogP contribution in [0.25, 0.3) is 10.9 Å². The van der Waals surface area contributed by atoms with Gasteiger partial charge in [0.2, 0.25) is 5.91 Å². The molecule has 1 N–H and O–H groups in total. The van der Waals surface area contributed by atoms with E-state index in [4.69, 9.17) is 21.3 Å². The van der Waals surface area contributed by atoms with Gasteiger partial charge in [-0.15, -0.1) is 0 Å². The molecular weight excluding hydrogens is 630 g/mol. The summed E-state index contributed by atoms with van der Waals surface area (Å²) in [6.07, 6.45) is -1.17. The van der Waals surface area contributed by atoms with Crippen LogP contribution in [0.15, 0.2) is 108 Å². The van der Waals surface area contributed by atoms with Gasteiger partial charge in [-0.1, -0.05) is 78.3 Å². The number of carboxylic acid groups (broad SMARTS) is 1. The van der Waals surface area contributed by atoms with Crippen molar-refractivity contribution < 1.29 is 24.2 Å². The van der Waals surface area contributed by atoms with Gasteiger partial charge in [0.15, 0.2) is 0 Å². The van der Waals surface area contributed by atoms with Gasteiger partial charge in [0.1, 0.15) is 12.1 Å². The molecule has 48 heavy (non-hydrogen) atoms. The van der Waals surface area contributed by atoms with Crippen molar-refractivity contribution in [2.75, 3.05) is 20.2 Å². The molecule has 1 unspecified atom stereocenters. The summed E-state index contributed by atoms with van der Waals surface area (Å²) >= 11 is 6.14. The number of fused-ring (bicyclic) bond motifs is 1. The minimum absolute atomic E-state index is 0.0527. The van der Waals surface area contributed by atoms with E-state index in [-0.39, 0.29) is 32.1 Å². The van der Waals surface area contributed by atoms with Crippen molar-refractivity contribution in [2.45, 2.75) is 19.1 Å². The van der Waals surface area contributed by atoms with E-state index in [1.165, 1.54) is 12.0 Å². The first-order valence-electron chi connectivity index (χ1n) is 15.1. The lowest BCUT2D eigenvalue weighted by atomic mass is 10.0. The second-order valence-electron chi connectivity index (χ2n) is 11.3. The van der Waals surface area contributed by atoms with E-state index >= 15 is 0 Å². The van der Waals surface area contributed by atoms with Gasteiger partial charge in [-0.3, -0.25) is 9.69 Å². The molecule has 1 amide bonds. The number of carbonyl (C=O) groups is 3. The molecule has 0 bridgehead atoms. The normalized spacial score (nSPS) is 14.8. The Bertz CT molecular complexity index is 2050. The number of nitriles is 1. The van der Waals surface area contributed by atoms with Crippen molar-refractivity contribution in [2.24, 2.45) is 4.99 Å². The van der Waals surface area contributed by atoms with Gasteiger partial charge >= 0.3 is 12.1 Å². The molecule has 5 aromatic rings. The fourth-order valence-corrected chi connectivity index (χ4v) is 6.18. The summed E-state index contributed by atoms with van der Waals surface area (Å²) in [6.45, 7) is 0.236. The van der Waals surface area contributed by atoms with Crippen LogP contribution in [0.3, 0.4) is 0 Å². The number of piperazine rings is 1. The van der Waals surface area contributed by atoms with E-state index in [0.717, 1.165) is 15.7 Å². The van der Waals surface area contributed by atoms with Crippen LogP contribution < -0.4 is 0 Å². The maximum absolute atomic E-state index is 13.7. The van der Waals surface area contributed by atoms with Crippen LogP contribution in [0.1, 0.15) is 27.9 Å². The summed E-state index contributed by atoms with van der Waals surface area (Å²) in [7, 11) is 1.26. The van der Waals surface area contributed by atoms with Crippen molar-refractivity contribution >= 4 is 51.9 Å². The molecule has 10 nitrogen and oxygen atoms in total. The standard InChI is InChI=1S/C37H30ClN5O5/c1-48-36(45)33-22-41(21-30-18-28-17-29(38)14-15-32(28)43(30)37(46)47)23-34(44)42(33)20-24-12-13-27(19-39)31(16-24)40-35(25-8-4-2-5-9-25)26-10-6-3-7-11-26/h2-18,33H,20-23H2,1H3,(H,46,47). The number of rotatable bonds is 8. The lowest BCUT2D eigenvalue weighted by Gasteiger charge is -2.39. The highest BCUT2D eigenvalue weighted by atomic mass is 35.5. The zero-order valence-electron chi connectivity index (χ0n) is 25.9. The van der Waals surface area contributed by atoms with Gasteiger partial charge in [-0.05, 0) is 42.0 Å². The molecule has 1 saturated heterocycles. The van der Waals surface area contributed by atoms with Crippen LogP contribution >= 0.6 is 11.6 Å². The first kappa shape index (κ1) is 32.2. The Kier molecular flexibility index (Phi) is 9.34. The van der Waals surface area contributed by atoms with E-state index in [1.54, 1.807) is 47.4 Å². The molecule has 6 rings (SSSR count). The molecule has 1 fully saturated rings. The number of aromatic nitrogens is 1. The van der Waals surface area contributed by atoms with E-state index in [1.807, 2.05) is 60.7 Å². The Hall–Kier alpha value is -5.76. The molecule has 0 spiro atoms. The highest BCUT2D eigenvalue weighted by Gasteiger charge is 2.38. The number of aliphatic imine (C=N–C) groups is 1. The fraction of sp³-hybridized carbons (Fsp3) is 0.162. The summed E-state index contributed by atoms with van der Waals surface area (Å²) in [4.78, 5) is 47.1. The largest absolute Gasteiger partial charge is 0.467 e. The SMILES string of the molecule is COC(=O)C1CN(Cc2cc3cc(Cl)ccc3n2C(=O)O)CC(=O)N1Cc1ccc(C#N)c(N=C(c2ccccc2)c2ccccc2)c1. The van der Waals surface area contributed by atoms with E-state index < -0.39 is 18.1 Å². The molecule has 4 aromatic carbocycles. The molecule has 0 radical (unpaired) electrons. The quantitative estimate of drug-likeness (QED) is 0.154. The lowest BCUT2D eigenvalue weighted by Crippen LogP contribution is -2.58. The third-order valence-electron chi connectivity index (χ3n) is 8.24. The summed E-state index contributed by atoms with van der Waals surface area (Å²) < 4.78 is 6.26. The molecule has 1 aliphatic heterocycles. The van der Waals surface area contributed by atoms with Crippen molar-refractivity contribution in [1.82, 2.24) is 14.4 Å².